The number of fused-ring (bicyclic) bond motifs is 1. The second kappa shape index (κ2) is 7.68. The van der Waals surface area contributed by atoms with Crippen LogP contribution in [-0.4, -0.2) is 30.8 Å². The second-order valence-electron chi connectivity index (χ2n) is 5.70. The lowest BCUT2D eigenvalue weighted by Crippen LogP contribution is -2.12. The number of ether oxygens (including phenoxy) is 1. The van der Waals surface area contributed by atoms with Crippen LogP contribution in [0.3, 0.4) is 0 Å². The molecule has 1 aromatic carbocycles. The first-order valence-corrected chi connectivity index (χ1v) is 9.91. The first-order chi connectivity index (χ1) is 13.5. The fourth-order valence-corrected chi connectivity index (χ4v) is 4.12. The normalized spacial score (nSPS) is 11.4. The second-order valence-corrected chi connectivity index (χ2v) is 7.51. The van der Waals surface area contributed by atoms with E-state index in [1.165, 1.54) is 45.7 Å². The molecule has 0 radical (unpaired) electrons. The molecule has 0 aliphatic rings. The molecule has 11 heteroatoms. The Morgan fingerprint density at radius 3 is 2.79 bits per heavy atom. The number of alkyl halides is 2. The summed E-state index contributed by atoms with van der Waals surface area (Å²) in [5.74, 6) is 1.14. The molecule has 144 valence electrons. The van der Waals surface area contributed by atoms with Crippen LogP contribution in [0.15, 0.2) is 51.9 Å². The molecule has 4 aromatic rings. The Kier molecular flexibility index (Phi) is 5.09. The van der Waals surface area contributed by atoms with Crippen LogP contribution in [-0.2, 0) is 12.8 Å². The third kappa shape index (κ3) is 3.76. The van der Waals surface area contributed by atoms with Crippen molar-refractivity contribution in [3.05, 3.63) is 58.0 Å². The van der Waals surface area contributed by atoms with E-state index >= 15 is 0 Å². The zero-order chi connectivity index (χ0) is 19.7. The number of hydrogen-bond acceptors (Lipinski definition) is 7. The van der Waals surface area contributed by atoms with Crippen molar-refractivity contribution in [2.45, 2.75) is 17.5 Å². The fraction of sp³-hybridized carbons (Fsp3) is 0.176. The zero-order valence-electron chi connectivity index (χ0n) is 14.5. The molecule has 3 heterocycles. The van der Waals surface area contributed by atoms with Crippen molar-refractivity contribution < 1.29 is 13.5 Å². The zero-order valence-corrected chi connectivity index (χ0v) is 16.1. The van der Waals surface area contributed by atoms with Crippen molar-refractivity contribution in [3.8, 4) is 17.1 Å². The third-order valence-corrected chi connectivity index (χ3v) is 5.69. The van der Waals surface area contributed by atoms with E-state index in [2.05, 4.69) is 19.9 Å². The highest BCUT2D eigenvalue weighted by molar-refractivity contribution is 7.98. The number of hydrogen-bond donors (Lipinski definition) is 0. The van der Waals surface area contributed by atoms with Gasteiger partial charge in [0.15, 0.2) is 15.9 Å². The summed E-state index contributed by atoms with van der Waals surface area (Å²) < 4.78 is 32.1. The highest BCUT2D eigenvalue weighted by Gasteiger charge is 2.13. The lowest BCUT2D eigenvalue weighted by atomic mass is 10.2. The molecule has 0 saturated carbocycles. The molecule has 0 unspecified atom stereocenters. The van der Waals surface area contributed by atoms with Crippen LogP contribution >= 0.6 is 23.1 Å². The van der Waals surface area contributed by atoms with Gasteiger partial charge in [0.1, 0.15) is 5.75 Å². The maximum atomic E-state index is 12.3. The summed E-state index contributed by atoms with van der Waals surface area (Å²) in [6, 6.07) is 7.70. The molecule has 0 atom stereocenters. The maximum absolute atomic E-state index is 12.3. The monoisotopic (exact) mass is 421 g/mol. The molecular formula is C17H13F2N5O2S2. The van der Waals surface area contributed by atoms with Crippen molar-refractivity contribution in [2.75, 3.05) is 0 Å². The van der Waals surface area contributed by atoms with Gasteiger partial charge in [-0.15, -0.1) is 21.5 Å². The minimum Gasteiger partial charge on any atom is -0.435 e. The molecule has 0 N–H and O–H groups in total. The Morgan fingerprint density at radius 2 is 2.04 bits per heavy atom. The Labute approximate surface area is 165 Å². The molecule has 0 saturated heterocycles. The average molecular weight is 421 g/mol. The number of benzene rings is 1. The van der Waals surface area contributed by atoms with Crippen molar-refractivity contribution in [1.29, 1.82) is 0 Å². The smallest absolute Gasteiger partial charge is 0.387 e. The first-order valence-electron chi connectivity index (χ1n) is 8.04. The quantitative estimate of drug-likeness (QED) is 0.444. The van der Waals surface area contributed by atoms with Crippen molar-refractivity contribution in [3.63, 3.8) is 0 Å². The number of thiazole rings is 1. The van der Waals surface area contributed by atoms with E-state index in [0.717, 1.165) is 5.56 Å². The molecule has 0 amide bonds. The summed E-state index contributed by atoms with van der Waals surface area (Å²) in [6.07, 6.45) is 1.69. The Hall–Kier alpha value is -2.79. The van der Waals surface area contributed by atoms with Gasteiger partial charge < -0.3 is 9.30 Å². The van der Waals surface area contributed by atoms with Crippen LogP contribution in [0, 0.1) is 0 Å². The molecule has 0 aliphatic carbocycles. The summed E-state index contributed by atoms with van der Waals surface area (Å²) in [7, 11) is 1.81. The molecule has 0 fully saturated rings. The lowest BCUT2D eigenvalue weighted by Gasteiger charge is -2.06. The molecule has 0 aliphatic heterocycles. The van der Waals surface area contributed by atoms with Crippen molar-refractivity contribution in [1.82, 2.24) is 24.1 Å². The van der Waals surface area contributed by atoms with Crippen molar-refractivity contribution in [2.24, 2.45) is 7.05 Å². The van der Waals surface area contributed by atoms with E-state index in [4.69, 9.17) is 0 Å². The predicted octanol–water partition coefficient (Wildman–Crippen LogP) is 3.45. The van der Waals surface area contributed by atoms with Gasteiger partial charge in [0, 0.05) is 36.0 Å². The van der Waals surface area contributed by atoms with Gasteiger partial charge in [0.2, 0.25) is 0 Å². The van der Waals surface area contributed by atoms with Gasteiger partial charge in [-0.1, -0.05) is 11.8 Å². The van der Waals surface area contributed by atoms with E-state index < -0.39 is 6.61 Å². The van der Waals surface area contributed by atoms with Gasteiger partial charge in [0.25, 0.3) is 5.56 Å². The largest absolute Gasteiger partial charge is 0.435 e. The highest BCUT2D eigenvalue weighted by Crippen LogP contribution is 2.26. The average Bonchev–Trinajstić information content (AvgIpc) is 3.27. The molecule has 0 bridgehead atoms. The summed E-state index contributed by atoms with van der Waals surface area (Å²) in [5.41, 5.74) is 1.27. The summed E-state index contributed by atoms with van der Waals surface area (Å²) in [4.78, 5) is 17.2. The van der Waals surface area contributed by atoms with Crippen LogP contribution < -0.4 is 10.3 Å². The lowest BCUT2D eigenvalue weighted by molar-refractivity contribution is -0.0498. The third-order valence-electron chi connectivity index (χ3n) is 3.88. The highest BCUT2D eigenvalue weighted by atomic mass is 32.2. The Bertz CT molecular complexity index is 1170. The standard InChI is InChI=1S/C17H13F2N5O2S2/c1-23-14(10-2-4-12(5-3-10)26-15(18)19)21-22-17(23)28-9-11-8-13(25)24-6-7-27-16(24)20-11/h2-8,15H,9H2,1H3. The molecule has 4 rings (SSSR count). The van der Waals surface area contributed by atoms with Gasteiger partial charge >= 0.3 is 6.61 Å². The topological polar surface area (TPSA) is 74.3 Å². The number of rotatable bonds is 6. The SMILES string of the molecule is Cn1c(SCc2cc(=O)n3ccsc3n2)nnc1-c1ccc(OC(F)F)cc1. The Balaban J connectivity index is 1.50. The summed E-state index contributed by atoms with van der Waals surface area (Å²) >= 11 is 2.81. The van der Waals surface area contributed by atoms with E-state index in [9.17, 15) is 13.6 Å². The van der Waals surface area contributed by atoms with Crippen LogP contribution in [0.2, 0.25) is 0 Å². The Morgan fingerprint density at radius 1 is 1.25 bits per heavy atom. The minimum atomic E-state index is -2.86. The molecule has 3 aromatic heterocycles. The minimum absolute atomic E-state index is 0.0804. The van der Waals surface area contributed by atoms with E-state index in [0.29, 0.717) is 27.4 Å². The van der Waals surface area contributed by atoms with Gasteiger partial charge in [-0.2, -0.15) is 8.78 Å². The summed E-state index contributed by atoms with van der Waals surface area (Å²) in [6.45, 7) is -2.86. The van der Waals surface area contributed by atoms with Crippen LogP contribution in [0.4, 0.5) is 8.78 Å². The van der Waals surface area contributed by atoms with E-state index in [1.807, 2.05) is 12.4 Å². The number of aromatic nitrogens is 5. The number of halogens is 2. The van der Waals surface area contributed by atoms with Gasteiger partial charge in [-0.3, -0.25) is 9.20 Å². The van der Waals surface area contributed by atoms with Crippen LogP contribution in [0.5, 0.6) is 5.75 Å². The fourth-order valence-electron chi connectivity index (χ4n) is 2.58. The first kappa shape index (κ1) is 18.6. The summed E-state index contributed by atoms with van der Waals surface area (Å²) in [5, 5.41) is 10.8. The molecule has 0 spiro atoms. The number of nitrogens with zero attached hydrogens (tertiary/aromatic N) is 5. The molecular weight excluding hydrogens is 408 g/mol. The predicted molar refractivity (Wildman–Crippen MR) is 102 cm³/mol. The van der Waals surface area contributed by atoms with E-state index in [-0.39, 0.29) is 11.3 Å². The van der Waals surface area contributed by atoms with Crippen LogP contribution in [0.25, 0.3) is 16.3 Å². The molecule has 28 heavy (non-hydrogen) atoms. The van der Waals surface area contributed by atoms with E-state index in [1.54, 1.807) is 22.9 Å². The molecule has 7 nitrogen and oxygen atoms in total. The van der Waals surface area contributed by atoms with Gasteiger partial charge in [0.05, 0.1) is 5.69 Å². The van der Waals surface area contributed by atoms with Gasteiger partial charge in [-0.05, 0) is 24.3 Å². The van der Waals surface area contributed by atoms with Crippen LogP contribution in [0.1, 0.15) is 5.69 Å². The van der Waals surface area contributed by atoms with Gasteiger partial charge in [-0.25, -0.2) is 4.98 Å². The number of thioether (sulfide) groups is 1. The van der Waals surface area contributed by atoms with Crippen molar-refractivity contribution >= 4 is 28.1 Å². The maximum Gasteiger partial charge on any atom is 0.387 e.